The molecule has 132 valence electrons. The third-order valence-electron chi connectivity index (χ3n) is 3.47. The molecule has 26 heavy (non-hydrogen) atoms. The van der Waals surface area contributed by atoms with Crippen molar-refractivity contribution in [1.29, 1.82) is 0 Å². The standard InChI is InChI=1S/C18H12F2N2O3S/c1-25-18(24)11-7-14(13(20)8-12(11)19)21-16(23)15-9-26-17(22-15)10-5-3-2-4-6-10/h2-9H,1H3,(H,21,23). The van der Waals surface area contributed by atoms with E-state index in [1.54, 1.807) is 0 Å². The zero-order valence-electron chi connectivity index (χ0n) is 13.5. The zero-order chi connectivity index (χ0) is 18.7. The summed E-state index contributed by atoms with van der Waals surface area (Å²) in [6.45, 7) is 0. The van der Waals surface area contributed by atoms with Crippen molar-refractivity contribution in [3.05, 3.63) is 70.7 Å². The number of methoxy groups -OCH3 is 1. The van der Waals surface area contributed by atoms with Crippen LogP contribution in [0.3, 0.4) is 0 Å². The Hall–Kier alpha value is -3.13. The first-order valence-electron chi connectivity index (χ1n) is 7.39. The maximum Gasteiger partial charge on any atom is 0.340 e. The Kier molecular flexibility index (Phi) is 5.04. The molecule has 1 amide bonds. The minimum Gasteiger partial charge on any atom is -0.465 e. The predicted molar refractivity (Wildman–Crippen MR) is 93.2 cm³/mol. The van der Waals surface area contributed by atoms with Crippen LogP contribution in [0.5, 0.6) is 0 Å². The fourth-order valence-electron chi connectivity index (χ4n) is 2.19. The van der Waals surface area contributed by atoms with Crippen molar-refractivity contribution in [3.63, 3.8) is 0 Å². The molecule has 3 rings (SSSR count). The third kappa shape index (κ3) is 3.60. The van der Waals surface area contributed by atoms with Crippen molar-refractivity contribution in [1.82, 2.24) is 4.98 Å². The van der Waals surface area contributed by atoms with E-state index >= 15 is 0 Å². The summed E-state index contributed by atoms with van der Waals surface area (Å²) >= 11 is 1.26. The number of esters is 1. The number of amides is 1. The lowest BCUT2D eigenvalue weighted by Crippen LogP contribution is -2.15. The number of ether oxygens (including phenoxy) is 1. The summed E-state index contributed by atoms with van der Waals surface area (Å²) < 4.78 is 32.0. The molecule has 0 unspecified atom stereocenters. The number of benzene rings is 2. The van der Waals surface area contributed by atoms with E-state index in [4.69, 9.17) is 0 Å². The minimum atomic E-state index is -1.08. The molecule has 0 aliphatic rings. The highest BCUT2D eigenvalue weighted by atomic mass is 32.1. The van der Waals surface area contributed by atoms with Gasteiger partial charge < -0.3 is 10.1 Å². The molecule has 3 aromatic rings. The van der Waals surface area contributed by atoms with Gasteiger partial charge in [0.2, 0.25) is 0 Å². The highest BCUT2D eigenvalue weighted by Crippen LogP contribution is 2.25. The molecule has 1 N–H and O–H groups in total. The Morgan fingerprint density at radius 2 is 1.85 bits per heavy atom. The van der Waals surface area contributed by atoms with Gasteiger partial charge in [-0.2, -0.15) is 0 Å². The fourth-order valence-corrected chi connectivity index (χ4v) is 3.00. The van der Waals surface area contributed by atoms with Gasteiger partial charge in [0.25, 0.3) is 5.91 Å². The lowest BCUT2D eigenvalue weighted by molar-refractivity contribution is 0.0595. The van der Waals surface area contributed by atoms with Crippen LogP contribution < -0.4 is 5.32 Å². The Morgan fingerprint density at radius 1 is 1.12 bits per heavy atom. The highest BCUT2D eigenvalue weighted by molar-refractivity contribution is 7.13. The summed E-state index contributed by atoms with van der Waals surface area (Å²) in [5, 5.41) is 4.45. The second kappa shape index (κ2) is 7.40. The molecule has 0 radical (unpaired) electrons. The predicted octanol–water partition coefficient (Wildman–Crippen LogP) is 4.13. The van der Waals surface area contributed by atoms with Gasteiger partial charge in [-0.3, -0.25) is 4.79 Å². The number of nitrogens with one attached hydrogen (secondary N) is 1. The number of rotatable bonds is 4. The third-order valence-corrected chi connectivity index (χ3v) is 4.36. The fraction of sp³-hybridized carbons (Fsp3) is 0.0556. The van der Waals surface area contributed by atoms with E-state index in [0.29, 0.717) is 11.1 Å². The van der Waals surface area contributed by atoms with Gasteiger partial charge in [0.15, 0.2) is 0 Å². The van der Waals surface area contributed by atoms with Crippen LogP contribution in [0.15, 0.2) is 47.8 Å². The van der Waals surface area contributed by atoms with Crippen molar-refractivity contribution in [3.8, 4) is 10.6 Å². The van der Waals surface area contributed by atoms with Gasteiger partial charge in [0.05, 0.1) is 18.4 Å². The highest BCUT2D eigenvalue weighted by Gasteiger charge is 2.19. The second-order valence-electron chi connectivity index (χ2n) is 5.16. The monoisotopic (exact) mass is 374 g/mol. The Balaban J connectivity index is 1.85. The van der Waals surface area contributed by atoms with Crippen molar-refractivity contribution in [2.45, 2.75) is 0 Å². The van der Waals surface area contributed by atoms with E-state index in [0.717, 1.165) is 18.7 Å². The Morgan fingerprint density at radius 3 is 2.54 bits per heavy atom. The molecule has 0 saturated carbocycles. The maximum absolute atomic E-state index is 13.9. The molecule has 2 aromatic carbocycles. The molecule has 0 fully saturated rings. The molecule has 0 saturated heterocycles. The lowest BCUT2D eigenvalue weighted by atomic mass is 10.1. The van der Waals surface area contributed by atoms with Gasteiger partial charge in [-0.25, -0.2) is 18.6 Å². The molecule has 5 nitrogen and oxygen atoms in total. The number of hydrogen-bond acceptors (Lipinski definition) is 5. The average molecular weight is 374 g/mol. The molecule has 1 aromatic heterocycles. The summed E-state index contributed by atoms with van der Waals surface area (Å²) in [7, 11) is 1.07. The molecule has 0 aliphatic heterocycles. The largest absolute Gasteiger partial charge is 0.465 e. The van der Waals surface area contributed by atoms with E-state index in [2.05, 4.69) is 15.0 Å². The van der Waals surface area contributed by atoms with Crippen molar-refractivity contribution < 1.29 is 23.1 Å². The molecule has 0 atom stereocenters. The zero-order valence-corrected chi connectivity index (χ0v) is 14.3. The number of aromatic nitrogens is 1. The maximum atomic E-state index is 13.9. The van der Waals surface area contributed by atoms with Crippen molar-refractivity contribution in [2.24, 2.45) is 0 Å². The number of carbonyl (C=O) groups excluding carboxylic acids is 2. The summed E-state index contributed by atoms with van der Waals surface area (Å²) in [4.78, 5) is 28.0. The van der Waals surface area contributed by atoms with Gasteiger partial charge in [0, 0.05) is 17.0 Å². The first-order chi connectivity index (χ1) is 12.5. The lowest BCUT2D eigenvalue weighted by Gasteiger charge is -2.08. The van der Waals surface area contributed by atoms with Gasteiger partial charge in [-0.1, -0.05) is 30.3 Å². The summed E-state index contributed by atoms with van der Waals surface area (Å²) in [5.74, 6) is -3.74. The topological polar surface area (TPSA) is 68.3 Å². The van der Waals surface area contributed by atoms with Crippen LogP contribution in [0.1, 0.15) is 20.8 Å². The van der Waals surface area contributed by atoms with E-state index in [1.165, 1.54) is 16.7 Å². The van der Waals surface area contributed by atoms with E-state index in [-0.39, 0.29) is 11.4 Å². The van der Waals surface area contributed by atoms with Crippen molar-refractivity contribution >= 4 is 28.9 Å². The van der Waals surface area contributed by atoms with Crippen LogP contribution in [0.2, 0.25) is 0 Å². The minimum absolute atomic E-state index is 0.0807. The molecular weight excluding hydrogens is 362 g/mol. The van der Waals surface area contributed by atoms with Crippen LogP contribution in [0.4, 0.5) is 14.5 Å². The first kappa shape index (κ1) is 17.7. The molecule has 0 spiro atoms. The van der Waals surface area contributed by atoms with E-state index < -0.39 is 29.1 Å². The van der Waals surface area contributed by atoms with E-state index in [1.807, 2.05) is 30.3 Å². The van der Waals surface area contributed by atoms with Crippen LogP contribution in [-0.4, -0.2) is 24.0 Å². The number of hydrogen-bond donors (Lipinski definition) is 1. The van der Waals surface area contributed by atoms with Crippen molar-refractivity contribution in [2.75, 3.05) is 12.4 Å². The van der Waals surface area contributed by atoms with Gasteiger partial charge in [-0.05, 0) is 6.07 Å². The molecule has 0 bridgehead atoms. The van der Waals surface area contributed by atoms with Gasteiger partial charge in [-0.15, -0.1) is 11.3 Å². The van der Waals surface area contributed by atoms with Gasteiger partial charge in [0.1, 0.15) is 22.3 Å². The van der Waals surface area contributed by atoms with E-state index in [9.17, 15) is 18.4 Å². The first-order valence-corrected chi connectivity index (χ1v) is 8.27. The molecular formula is C18H12F2N2O3S. The number of anilines is 1. The van der Waals surface area contributed by atoms with Gasteiger partial charge >= 0.3 is 5.97 Å². The summed E-state index contributed by atoms with van der Waals surface area (Å²) in [6.07, 6.45) is 0. The van der Waals surface area contributed by atoms with Crippen LogP contribution in [0.25, 0.3) is 10.6 Å². The number of nitrogens with zero attached hydrogens (tertiary/aromatic N) is 1. The smallest absolute Gasteiger partial charge is 0.340 e. The molecule has 1 heterocycles. The Labute approximate surface area is 151 Å². The SMILES string of the molecule is COC(=O)c1cc(NC(=O)c2csc(-c3ccccc3)n2)c(F)cc1F. The van der Waals surface area contributed by atoms with Crippen LogP contribution in [-0.2, 0) is 4.74 Å². The number of carbonyl (C=O) groups is 2. The average Bonchev–Trinajstić information content (AvgIpc) is 3.14. The molecule has 8 heteroatoms. The number of halogens is 2. The molecule has 0 aliphatic carbocycles. The van der Waals surface area contributed by atoms with Crippen LogP contribution >= 0.6 is 11.3 Å². The second-order valence-corrected chi connectivity index (χ2v) is 6.02. The summed E-state index contributed by atoms with van der Waals surface area (Å²) in [5.41, 5.74) is 0.105. The summed E-state index contributed by atoms with van der Waals surface area (Å²) in [6, 6.07) is 10.7. The Bertz CT molecular complexity index is 974. The number of thiazole rings is 1. The normalized spacial score (nSPS) is 10.4. The quantitative estimate of drug-likeness (QED) is 0.698. The van der Waals surface area contributed by atoms with Crippen LogP contribution in [0, 0.1) is 11.6 Å².